The zero-order valence-corrected chi connectivity index (χ0v) is 18.1. The summed E-state index contributed by atoms with van der Waals surface area (Å²) >= 11 is 6.15. The van der Waals surface area contributed by atoms with E-state index < -0.39 is 6.10 Å². The summed E-state index contributed by atoms with van der Waals surface area (Å²) in [7, 11) is 0. The van der Waals surface area contributed by atoms with Crippen molar-refractivity contribution in [3.05, 3.63) is 82.9 Å². The summed E-state index contributed by atoms with van der Waals surface area (Å²) in [5.41, 5.74) is 4.36. The Morgan fingerprint density at radius 1 is 1.33 bits per heavy atom. The smallest absolute Gasteiger partial charge is 0.145 e. The van der Waals surface area contributed by atoms with Crippen molar-refractivity contribution < 1.29 is 14.7 Å². The molecule has 0 spiro atoms. The Kier molecular flexibility index (Phi) is 8.46. The highest BCUT2D eigenvalue weighted by Gasteiger charge is 2.26. The number of aliphatic hydroxyl groups is 1. The van der Waals surface area contributed by atoms with Crippen LogP contribution in [0.3, 0.4) is 0 Å². The molecule has 0 fully saturated rings. The summed E-state index contributed by atoms with van der Waals surface area (Å²) in [6, 6.07) is 16.0. The van der Waals surface area contributed by atoms with Gasteiger partial charge in [-0.05, 0) is 30.2 Å². The molecule has 1 aliphatic rings. The van der Waals surface area contributed by atoms with Crippen molar-refractivity contribution in [2.45, 2.75) is 32.1 Å². The Hall–Kier alpha value is -2.18. The average molecular weight is 429 g/mol. The first-order chi connectivity index (χ1) is 14.5. The van der Waals surface area contributed by atoms with E-state index in [0.29, 0.717) is 31.3 Å². The van der Waals surface area contributed by atoms with Gasteiger partial charge in [-0.1, -0.05) is 59.2 Å². The topological polar surface area (TPSA) is 54.3 Å². The summed E-state index contributed by atoms with van der Waals surface area (Å²) < 4.78 is 5.40. The van der Waals surface area contributed by atoms with E-state index >= 15 is 0 Å². The summed E-state index contributed by atoms with van der Waals surface area (Å²) in [5, 5.41) is 15.5. The summed E-state index contributed by atoms with van der Waals surface area (Å²) in [4.78, 5) is 7.90. The van der Waals surface area contributed by atoms with Gasteiger partial charge in [-0.3, -0.25) is 4.90 Å². The fourth-order valence-electron chi connectivity index (χ4n) is 3.61. The van der Waals surface area contributed by atoms with E-state index in [4.69, 9.17) is 21.2 Å². The third-order valence-electron chi connectivity index (χ3n) is 4.96. The normalized spacial score (nSPS) is 16.9. The lowest BCUT2D eigenvalue weighted by Gasteiger charge is -2.27. The first kappa shape index (κ1) is 22.5. The van der Waals surface area contributed by atoms with Gasteiger partial charge in [0.05, 0.1) is 25.0 Å². The molecule has 0 saturated carbocycles. The maximum atomic E-state index is 10.4. The van der Waals surface area contributed by atoms with Crippen molar-refractivity contribution in [2.24, 2.45) is 5.16 Å². The zero-order chi connectivity index (χ0) is 21.3. The summed E-state index contributed by atoms with van der Waals surface area (Å²) in [5.74, 6) is 0. The number of rotatable bonds is 11. The molecular formula is C24H29ClN2O3. The Morgan fingerprint density at radius 3 is 2.93 bits per heavy atom. The standard InChI is InChI=1S/C24H29ClN2O3/c1-3-11-29-17-21(28)15-27(14-19-8-6-9-20(25)12-19)16-22-13-24(26-30-22)23-10-5-4-7-18(23)2/h3-10,12,21-22,28H,1,11,13-17H2,2H3/t21-,22-/m0/s1. The predicted octanol–water partition coefficient (Wildman–Crippen LogP) is 4.21. The molecule has 3 rings (SSSR count). The van der Waals surface area contributed by atoms with Crippen molar-refractivity contribution >= 4 is 17.3 Å². The average Bonchev–Trinajstić information content (AvgIpc) is 3.16. The van der Waals surface area contributed by atoms with Gasteiger partial charge in [-0.15, -0.1) is 6.58 Å². The maximum Gasteiger partial charge on any atom is 0.145 e. The predicted molar refractivity (Wildman–Crippen MR) is 121 cm³/mol. The number of ether oxygens (including phenoxy) is 1. The molecule has 30 heavy (non-hydrogen) atoms. The van der Waals surface area contributed by atoms with Crippen molar-refractivity contribution in [2.75, 3.05) is 26.3 Å². The molecule has 0 amide bonds. The lowest BCUT2D eigenvalue weighted by Crippen LogP contribution is -2.39. The third-order valence-corrected chi connectivity index (χ3v) is 5.20. The Bertz CT molecular complexity index is 871. The SMILES string of the molecule is C=CCOC[C@@H](O)CN(Cc1cccc(Cl)c1)C[C@@H]1CC(c2ccccc2C)=NO1. The molecule has 2 aromatic carbocycles. The molecule has 2 atom stereocenters. The minimum atomic E-state index is -0.609. The second kappa shape index (κ2) is 11.3. The fourth-order valence-corrected chi connectivity index (χ4v) is 3.82. The van der Waals surface area contributed by atoms with Gasteiger partial charge in [0.1, 0.15) is 6.10 Å². The molecule has 0 radical (unpaired) electrons. The van der Waals surface area contributed by atoms with Crippen molar-refractivity contribution in [1.82, 2.24) is 4.90 Å². The molecule has 0 unspecified atom stereocenters. The van der Waals surface area contributed by atoms with Crippen LogP contribution in [0.15, 0.2) is 66.3 Å². The molecule has 1 aliphatic heterocycles. The van der Waals surface area contributed by atoms with E-state index in [1.807, 2.05) is 36.4 Å². The first-order valence-electron chi connectivity index (χ1n) is 10.2. The zero-order valence-electron chi connectivity index (χ0n) is 17.3. The van der Waals surface area contributed by atoms with E-state index in [1.54, 1.807) is 6.08 Å². The molecule has 160 valence electrons. The highest BCUT2D eigenvalue weighted by atomic mass is 35.5. The molecule has 0 saturated heterocycles. The number of aryl methyl sites for hydroxylation is 1. The first-order valence-corrected chi connectivity index (χ1v) is 10.5. The number of benzene rings is 2. The van der Waals surface area contributed by atoms with Gasteiger partial charge in [-0.2, -0.15) is 0 Å². The minimum Gasteiger partial charge on any atom is -0.390 e. The van der Waals surface area contributed by atoms with Crippen LogP contribution in [0.4, 0.5) is 0 Å². The van der Waals surface area contributed by atoms with Crippen LogP contribution in [0.1, 0.15) is 23.1 Å². The van der Waals surface area contributed by atoms with Crippen molar-refractivity contribution in [3.8, 4) is 0 Å². The van der Waals surface area contributed by atoms with E-state index in [1.165, 1.54) is 5.56 Å². The van der Waals surface area contributed by atoms with Gasteiger partial charge in [0.25, 0.3) is 0 Å². The van der Waals surface area contributed by atoms with Gasteiger partial charge in [-0.25, -0.2) is 0 Å². The molecule has 0 bridgehead atoms. The third kappa shape index (κ3) is 6.67. The van der Waals surface area contributed by atoms with Crippen LogP contribution in [0.5, 0.6) is 0 Å². The van der Waals surface area contributed by atoms with Crippen LogP contribution in [0, 0.1) is 6.92 Å². The molecule has 2 aromatic rings. The molecule has 0 aromatic heterocycles. The van der Waals surface area contributed by atoms with Gasteiger partial charge in [0, 0.05) is 36.6 Å². The maximum absolute atomic E-state index is 10.4. The quantitative estimate of drug-likeness (QED) is 0.430. The van der Waals surface area contributed by atoms with Gasteiger partial charge in [0.15, 0.2) is 0 Å². The summed E-state index contributed by atoms with van der Waals surface area (Å²) in [6.07, 6.45) is 1.73. The van der Waals surface area contributed by atoms with Crippen molar-refractivity contribution in [1.29, 1.82) is 0 Å². The summed E-state index contributed by atoms with van der Waals surface area (Å²) in [6.45, 7) is 8.15. The Morgan fingerprint density at radius 2 is 2.17 bits per heavy atom. The second-order valence-corrected chi connectivity index (χ2v) is 8.02. The van der Waals surface area contributed by atoms with E-state index in [-0.39, 0.29) is 12.7 Å². The van der Waals surface area contributed by atoms with Crippen LogP contribution in [-0.2, 0) is 16.1 Å². The van der Waals surface area contributed by atoms with Gasteiger partial charge in [0.2, 0.25) is 0 Å². The second-order valence-electron chi connectivity index (χ2n) is 7.59. The number of hydrogen-bond acceptors (Lipinski definition) is 5. The van der Waals surface area contributed by atoms with E-state index in [9.17, 15) is 5.11 Å². The molecule has 6 heteroatoms. The minimum absolute atomic E-state index is 0.0694. The van der Waals surface area contributed by atoms with Crippen LogP contribution >= 0.6 is 11.6 Å². The van der Waals surface area contributed by atoms with Gasteiger partial charge < -0.3 is 14.7 Å². The number of halogens is 1. The molecule has 0 aliphatic carbocycles. The number of hydrogen-bond donors (Lipinski definition) is 1. The number of nitrogens with zero attached hydrogens (tertiary/aromatic N) is 2. The molecular weight excluding hydrogens is 400 g/mol. The largest absolute Gasteiger partial charge is 0.390 e. The van der Waals surface area contributed by atoms with Crippen LogP contribution in [0.2, 0.25) is 5.02 Å². The van der Waals surface area contributed by atoms with E-state index in [0.717, 1.165) is 23.3 Å². The van der Waals surface area contributed by atoms with Crippen LogP contribution in [0.25, 0.3) is 0 Å². The number of oxime groups is 1. The van der Waals surface area contributed by atoms with Crippen LogP contribution < -0.4 is 0 Å². The van der Waals surface area contributed by atoms with Gasteiger partial charge >= 0.3 is 0 Å². The van der Waals surface area contributed by atoms with Crippen LogP contribution in [-0.4, -0.2) is 54.2 Å². The number of aliphatic hydroxyl groups excluding tert-OH is 1. The fraction of sp³-hybridized carbons (Fsp3) is 0.375. The highest BCUT2D eigenvalue weighted by molar-refractivity contribution is 6.30. The molecule has 5 nitrogen and oxygen atoms in total. The Balaban J connectivity index is 1.63. The monoisotopic (exact) mass is 428 g/mol. The van der Waals surface area contributed by atoms with E-state index in [2.05, 4.69) is 35.7 Å². The lowest BCUT2D eigenvalue weighted by atomic mass is 10.00. The molecule has 1 heterocycles. The molecule has 1 N–H and O–H groups in total. The van der Waals surface area contributed by atoms with Crippen molar-refractivity contribution in [3.63, 3.8) is 0 Å². The highest BCUT2D eigenvalue weighted by Crippen LogP contribution is 2.21. The Labute approximate surface area is 183 Å². The lowest BCUT2D eigenvalue weighted by molar-refractivity contribution is 0.00336.